The second-order valence-corrected chi connectivity index (χ2v) is 7.94. The van der Waals surface area contributed by atoms with Gasteiger partial charge in [-0.05, 0) is 61.1 Å². The van der Waals surface area contributed by atoms with Crippen LogP contribution >= 0.6 is 0 Å². The molecule has 2 aliphatic rings. The van der Waals surface area contributed by atoms with Crippen molar-refractivity contribution in [2.75, 3.05) is 18.0 Å². The summed E-state index contributed by atoms with van der Waals surface area (Å²) >= 11 is 0. The Morgan fingerprint density at radius 1 is 1.15 bits per heavy atom. The quantitative estimate of drug-likeness (QED) is 0.811. The van der Waals surface area contributed by atoms with E-state index in [0.717, 1.165) is 44.6 Å². The number of rotatable bonds is 5. The fraction of sp³-hybridized carbons (Fsp3) is 0.722. The van der Waals surface area contributed by atoms with Crippen molar-refractivity contribution in [1.82, 2.24) is 30.2 Å². The van der Waals surface area contributed by atoms with Gasteiger partial charge >= 0.3 is 0 Å². The highest BCUT2D eigenvalue weighted by Gasteiger charge is 2.40. The zero-order valence-corrected chi connectivity index (χ0v) is 15.7. The van der Waals surface area contributed by atoms with Crippen molar-refractivity contribution in [3.8, 4) is 0 Å². The van der Waals surface area contributed by atoms with Crippen molar-refractivity contribution in [2.24, 2.45) is 11.8 Å². The molecule has 8 nitrogen and oxygen atoms in total. The van der Waals surface area contributed by atoms with Crippen LogP contribution in [-0.2, 0) is 4.79 Å². The highest BCUT2D eigenvalue weighted by Crippen LogP contribution is 2.34. The van der Waals surface area contributed by atoms with Gasteiger partial charge in [0.1, 0.15) is 0 Å². The van der Waals surface area contributed by atoms with Crippen LogP contribution in [0, 0.1) is 11.8 Å². The molecule has 0 N–H and O–H groups in total. The average molecular weight is 357 g/mol. The Hall–Kier alpha value is -2.25. The van der Waals surface area contributed by atoms with Crippen LogP contribution in [0.4, 0.5) is 5.82 Å². The zero-order valence-electron chi connectivity index (χ0n) is 15.7. The lowest BCUT2D eigenvalue weighted by Gasteiger charge is -2.38. The zero-order chi connectivity index (χ0) is 18.3. The highest BCUT2D eigenvalue weighted by molar-refractivity contribution is 5.80. The minimum atomic E-state index is 0.129. The van der Waals surface area contributed by atoms with Gasteiger partial charge in [0.15, 0.2) is 11.5 Å². The molecule has 0 spiro atoms. The van der Waals surface area contributed by atoms with Crippen LogP contribution in [0.15, 0.2) is 12.1 Å². The molecule has 1 atom stereocenters. The Balaban J connectivity index is 1.41. The number of hydrogen-bond acceptors (Lipinski definition) is 6. The molecule has 0 aromatic carbocycles. The van der Waals surface area contributed by atoms with Crippen LogP contribution in [0.1, 0.15) is 46.5 Å². The fourth-order valence-corrected chi connectivity index (χ4v) is 3.76. The number of carbonyl (C=O) groups is 1. The van der Waals surface area contributed by atoms with E-state index in [1.165, 1.54) is 4.63 Å². The Bertz CT molecular complexity index is 777. The van der Waals surface area contributed by atoms with Gasteiger partial charge in [0.25, 0.3) is 0 Å². The predicted octanol–water partition coefficient (Wildman–Crippen LogP) is 1.77. The molecule has 1 saturated carbocycles. The minimum absolute atomic E-state index is 0.129. The van der Waals surface area contributed by atoms with E-state index in [4.69, 9.17) is 0 Å². The Kier molecular flexibility index (Phi) is 4.50. The lowest BCUT2D eigenvalue weighted by atomic mass is 9.93. The number of hydrogen-bond donors (Lipinski definition) is 0. The summed E-state index contributed by atoms with van der Waals surface area (Å²) in [6, 6.07) is 4.61. The standard InChI is InChI=1S/C18H27N7O/c1-12(2)13(3)24(15-4-5-15)18(26)14-8-10-23(11-9-14)17-7-6-16-19-21-22-25(16)20-17/h6-7,12-15H,4-5,8-11H2,1-3H3. The van der Waals surface area contributed by atoms with Crippen LogP contribution in [0.3, 0.4) is 0 Å². The molecule has 2 aromatic heterocycles. The van der Waals surface area contributed by atoms with Crippen molar-refractivity contribution in [3.05, 3.63) is 12.1 Å². The SMILES string of the molecule is CC(C)C(C)N(C(=O)C1CCN(c2ccc3nnnn3n2)CC1)C1CC1. The summed E-state index contributed by atoms with van der Waals surface area (Å²) in [7, 11) is 0. The smallest absolute Gasteiger partial charge is 0.226 e. The van der Waals surface area contributed by atoms with E-state index in [9.17, 15) is 4.79 Å². The van der Waals surface area contributed by atoms with E-state index in [0.29, 0.717) is 29.6 Å². The molecule has 26 heavy (non-hydrogen) atoms. The molecular formula is C18H27N7O. The number of fused-ring (bicyclic) bond motifs is 1. The molecule has 0 radical (unpaired) electrons. The molecular weight excluding hydrogens is 330 g/mol. The van der Waals surface area contributed by atoms with E-state index in [2.05, 4.69) is 51.2 Å². The summed E-state index contributed by atoms with van der Waals surface area (Å²) in [5, 5.41) is 15.8. The summed E-state index contributed by atoms with van der Waals surface area (Å²) in [6.07, 6.45) is 4.08. The first-order valence-corrected chi connectivity index (χ1v) is 9.67. The van der Waals surface area contributed by atoms with Gasteiger partial charge in [0.05, 0.1) is 0 Å². The van der Waals surface area contributed by atoms with E-state index in [1.807, 2.05) is 12.1 Å². The number of tetrazole rings is 1. The third-order valence-corrected chi connectivity index (χ3v) is 5.82. The predicted molar refractivity (Wildman–Crippen MR) is 97.7 cm³/mol. The average Bonchev–Trinajstić information content (AvgIpc) is 3.37. The van der Waals surface area contributed by atoms with Gasteiger partial charge in [0.2, 0.25) is 5.91 Å². The summed E-state index contributed by atoms with van der Waals surface area (Å²) in [4.78, 5) is 17.6. The number of carbonyl (C=O) groups excluding carboxylic acids is 1. The summed E-state index contributed by atoms with van der Waals surface area (Å²) in [6.45, 7) is 8.28. The van der Waals surface area contributed by atoms with Crippen LogP contribution in [0.25, 0.3) is 5.65 Å². The topological polar surface area (TPSA) is 79.5 Å². The molecule has 2 fully saturated rings. The van der Waals surface area contributed by atoms with Crippen molar-refractivity contribution < 1.29 is 4.79 Å². The van der Waals surface area contributed by atoms with Crippen LogP contribution in [0.5, 0.6) is 0 Å². The number of nitrogens with zero attached hydrogens (tertiary/aromatic N) is 7. The number of piperidine rings is 1. The third kappa shape index (κ3) is 3.24. The highest BCUT2D eigenvalue weighted by atomic mass is 16.2. The van der Waals surface area contributed by atoms with Crippen molar-refractivity contribution in [2.45, 2.75) is 58.5 Å². The number of aromatic nitrogens is 5. The van der Waals surface area contributed by atoms with E-state index < -0.39 is 0 Å². The van der Waals surface area contributed by atoms with Crippen LogP contribution in [0.2, 0.25) is 0 Å². The first-order valence-electron chi connectivity index (χ1n) is 9.67. The normalized spacial score (nSPS) is 19.9. The molecule has 0 bridgehead atoms. The second kappa shape index (κ2) is 6.81. The molecule has 1 saturated heterocycles. The van der Waals surface area contributed by atoms with Gasteiger partial charge in [-0.25, -0.2) is 0 Å². The Morgan fingerprint density at radius 3 is 2.54 bits per heavy atom. The second-order valence-electron chi connectivity index (χ2n) is 7.94. The first kappa shape index (κ1) is 17.2. The van der Waals surface area contributed by atoms with Crippen LogP contribution < -0.4 is 4.90 Å². The number of anilines is 1. The minimum Gasteiger partial charge on any atom is -0.355 e. The largest absolute Gasteiger partial charge is 0.355 e. The van der Waals surface area contributed by atoms with Crippen molar-refractivity contribution in [3.63, 3.8) is 0 Å². The monoisotopic (exact) mass is 357 g/mol. The lowest BCUT2D eigenvalue weighted by Crippen LogP contribution is -2.48. The van der Waals surface area contributed by atoms with Gasteiger partial charge in [-0.1, -0.05) is 13.8 Å². The molecule has 1 aliphatic carbocycles. The maximum Gasteiger partial charge on any atom is 0.226 e. The maximum absolute atomic E-state index is 13.2. The van der Waals surface area contributed by atoms with Gasteiger partial charge in [-0.2, -0.15) is 0 Å². The van der Waals surface area contributed by atoms with Gasteiger partial charge < -0.3 is 9.80 Å². The Labute approximate surface area is 153 Å². The van der Waals surface area contributed by atoms with E-state index >= 15 is 0 Å². The van der Waals surface area contributed by atoms with E-state index in [1.54, 1.807) is 0 Å². The van der Waals surface area contributed by atoms with E-state index in [-0.39, 0.29) is 5.92 Å². The first-order chi connectivity index (χ1) is 12.5. The van der Waals surface area contributed by atoms with Crippen molar-refractivity contribution >= 4 is 17.4 Å². The molecule has 1 amide bonds. The Morgan fingerprint density at radius 2 is 1.88 bits per heavy atom. The molecule has 4 rings (SSSR count). The van der Waals surface area contributed by atoms with Gasteiger partial charge in [0, 0.05) is 31.1 Å². The summed E-state index contributed by atoms with van der Waals surface area (Å²) in [5.74, 6) is 1.85. The maximum atomic E-state index is 13.2. The molecule has 8 heteroatoms. The fourth-order valence-electron chi connectivity index (χ4n) is 3.76. The van der Waals surface area contributed by atoms with Gasteiger partial charge in [-0.3, -0.25) is 4.79 Å². The molecule has 2 aromatic rings. The number of amides is 1. The summed E-state index contributed by atoms with van der Waals surface area (Å²) < 4.78 is 1.45. The third-order valence-electron chi connectivity index (χ3n) is 5.82. The molecule has 1 aliphatic heterocycles. The van der Waals surface area contributed by atoms with Crippen LogP contribution in [-0.4, -0.2) is 61.2 Å². The van der Waals surface area contributed by atoms with Gasteiger partial charge in [-0.15, -0.1) is 14.8 Å². The summed E-state index contributed by atoms with van der Waals surface area (Å²) in [5.41, 5.74) is 0.640. The molecule has 3 heterocycles. The lowest BCUT2D eigenvalue weighted by molar-refractivity contribution is -0.139. The molecule has 1 unspecified atom stereocenters. The van der Waals surface area contributed by atoms with Crippen molar-refractivity contribution in [1.29, 1.82) is 0 Å². The molecule has 140 valence electrons.